The molecule has 0 bridgehead atoms. The van der Waals surface area contributed by atoms with Gasteiger partial charge in [-0.1, -0.05) is 11.6 Å². The lowest BCUT2D eigenvalue weighted by atomic mass is 9.82. The van der Waals surface area contributed by atoms with Gasteiger partial charge in [0.1, 0.15) is 11.4 Å². The maximum Gasteiger partial charge on any atom is 0.251 e. The first-order valence-corrected chi connectivity index (χ1v) is 10.7. The Labute approximate surface area is 182 Å². The number of hydrogen-bond acceptors (Lipinski definition) is 7. The number of nitrogens with two attached hydrogens (primary N) is 3. The molecule has 30 heavy (non-hydrogen) atoms. The highest BCUT2D eigenvalue weighted by Crippen LogP contribution is 2.47. The van der Waals surface area contributed by atoms with Crippen molar-refractivity contribution in [2.24, 2.45) is 17.3 Å². The summed E-state index contributed by atoms with van der Waals surface area (Å²) in [4.78, 5) is 12.6. The quantitative estimate of drug-likeness (QED) is 0.418. The van der Waals surface area contributed by atoms with Crippen molar-refractivity contribution in [2.75, 3.05) is 18.2 Å². The van der Waals surface area contributed by atoms with Gasteiger partial charge in [-0.3, -0.25) is 9.80 Å². The molecule has 4 rings (SSSR count). The van der Waals surface area contributed by atoms with E-state index in [4.69, 9.17) is 33.6 Å². The number of hydrazine groups is 1. The second kappa shape index (κ2) is 8.16. The Hall–Kier alpha value is -2.17. The number of piperidine rings is 1. The van der Waals surface area contributed by atoms with Gasteiger partial charge >= 0.3 is 0 Å². The van der Waals surface area contributed by atoms with Crippen LogP contribution in [0, 0.1) is 5.82 Å². The number of carbonyl (C=O) groups is 1. The molecule has 0 aliphatic carbocycles. The van der Waals surface area contributed by atoms with Crippen LogP contribution in [0.2, 0.25) is 4.34 Å². The number of carbonyl (C=O) groups excluding carboxylic acids is 1. The third kappa shape index (κ3) is 3.91. The smallest absolute Gasteiger partial charge is 0.251 e. The van der Waals surface area contributed by atoms with E-state index in [1.165, 1.54) is 27.6 Å². The molecule has 0 radical (unpaired) electrons. The van der Waals surface area contributed by atoms with Gasteiger partial charge in [0.05, 0.1) is 28.2 Å². The van der Waals surface area contributed by atoms with Crippen molar-refractivity contribution < 1.29 is 13.9 Å². The third-order valence-electron chi connectivity index (χ3n) is 5.60. The Morgan fingerprint density at radius 3 is 2.97 bits per heavy atom. The molecule has 1 aromatic heterocycles. The summed E-state index contributed by atoms with van der Waals surface area (Å²) in [6, 6.07) is 5.74. The summed E-state index contributed by atoms with van der Waals surface area (Å²) in [5, 5.41) is 4.65. The number of fused-ring (bicyclic) bond motifs is 2. The molecule has 3 heterocycles. The van der Waals surface area contributed by atoms with Crippen LogP contribution in [0.25, 0.3) is 0 Å². The van der Waals surface area contributed by atoms with E-state index in [0.29, 0.717) is 24.4 Å². The fraction of sp³-hybridized carbons (Fsp3) is 0.350. The highest BCUT2D eigenvalue weighted by atomic mass is 35.5. The van der Waals surface area contributed by atoms with Gasteiger partial charge in [-0.2, -0.15) is 0 Å². The molecule has 1 spiro atoms. The van der Waals surface area contributed by atoms with Crippen molar-refractivity contribution in [3.63, 3.8) is 0 Å². The van der Waals surface area contributed by atoms with E-state index in [0.717, 1.165) is 29.8 Å². The Morgan fingerprint density at radius 2 is 2.20 bits per heavy atom. The van der Waals surface area contributed by atoms with Gasteiger partial charge in [0.15, 0.2) is 0 Å². The number of thiophene rings is 1. The monoisotopic (exact) mass is 451 g/mol. The zero-order chi connectivity index (χ0) is 21.5. The summed E-state index contributed by atoms with van der Waals surface area (Å²) < 4.78 is 20.8. The van der Waals surface area contributed by atoms with Crippen LogP contribution >= 0.6 is 22.9 Å². The van der Waals surface area contributed by atoms with Crippen LogP contribution < -0.4 is 27.6 Å². The molecule has 10 heteroatoms. The van der Waals surface area contributed by atoms with Gasteiger partial charge in [-0.15, -0.1) is 11.3 Å². The van der Waals surface area contributed by atoms with Crippen LogP contribution in [0.1, 0.15) is 33.6 Å². The predicted molar refractivity (Wildman–Crippen MR) is 116 cm³/mol. The SMILES string of the molecule is NC(=O)c1cc(N(N)/C=C(\N)[C@@H]2CC3(CCN2)OCCc2cc(Cl)sc23)ccc1F. The maximum absolute atomic E-state index is 13.7. The topological polar surface area (TPSA) is 120 Å². The molecule has 7 N–H and O–H groups in total. The second-order valence-corrected chi connectivity index (χ2v) is 9.21. The van der Waals surface area contributed by atoms with Crippen molar-refractivity contribution in [1.29, 1.82) is 0 Å². The van der Waals surface area contributed by atoms with E-state index in [1.807, 2.05) is 6.07 Å². The van der Waals surface area contributed by atoms with E-state index in [2.05, 4.69) is 5.32 Å². The van der Waals surface area contributed by atoms with Gasteiger partial charge in [-0.25, -0.2) is 10.2 Å². The number of primary amides is 1. The van der Waals surface area contributed by atoms with Crippen molar-refractivity contribution >= 4 is 34.5 Å². The molecule has 2 aliphatic rings. The third-order valence-corrected chi connectivity index (χ3v) is 7.09. The number of ether oxygens (including phenoxy) is 1. The Morgan fingerprint density at radius 1 is 1.40 bits per heavy atom. The lowest BCUT2D eigenvalue weighted by molar-refractivity contribution is -0.0836. The highest BCUT2D eigenvalue weighted by Gasteiger charge is 2.44. The maximum atomic E-state index is 13.7. The van der Waals surface area contributed by atoms with E-state index in [1.54, 1.807) is 17.5 Å². The molecule has 1 aromatic carbocycles. The molecular formula is C20H23ClFN5O2S. The summed E-state index contributed by atoms with van der Waals surface area (Å²) in [5.41, 5.74) is 13.0. The number of hydrogen-bond donors (Lipinski definition) is 4. The van der Waals surface area contributed by atoms with Gasteiger partial charge in [0.25, 0.3) is 5.91 Å². The summed E-state index contributed by atoms with van der Waals surface area (Å²) in [6.07, 6.45) is 3.88. The lowest BCUT2D eigenvalue weighted by Crippen LogP contribution is -2.51. The average molecular weight is 452 g/mol. The number of halogens is 2. The molecule has 1 fully saturated rings. The van der Waals surface area contributed by atoms with Crippen LogP contribution in [0.5, 0.6) is 0 Å². The summed E-state index contributed by atoms with van der Waals surface area (Å²) in [7, 11) is 0. The number of benzene rings is 1. The normalized spacial score (nSPS) is 24.0. The molecule has 7 nitrogen and oxygen atoms in total. The largest absolute Gasteiger partial charge is 0.400 e. The van der Waals surface area contributed by atoms with E-state index in [-0.39, 0.29) is 11.6 Å². The van der Waals surface area contributed by atoms with E-state index >= 15 is 0 Å². The van der Waals surface area contributed by atoms with Crippen LogP contribution in [-0.4, -0.2) is 25.1 Å². The summed E-state index contributed by atoms with van der Waals surface area (Å²) >= 11 is 7.83. The van der Waals surface area contributed by atoms with Crippen molar-refractivity contribution in [3.8, 4) is 0 Å². The minimum absolute atomic E-state index is 0.173. The Kier molecular flexibility index (Phi) is 5.73. The van der Waals surface area contributed by atoms with Crippen molar-refractivity contribution in [1.82, 2.24) is 5.32 Å². The minimum atomic E-state index is -0.865. The van der Waals surface area contributed by atoms with Gasteiger partial charge in [0, 0.05) is 23.2 Å². The minimum Gasteiger partial charge on any atom is -0.400 e. The van der Waals surface area contributed by atoms with Crippen LogP contribution in [0.4, 0.5) is 10.1 Å². The summed E-state index contributed by atoms with van der Waals surface area (Å²) in [6.45, 7) is 1.37. The molecule has 1 amide bonds. The standard InChI is InChI=1S/C20H23ClFN5O2S/c21-17-7-11-3-6-29-20(18(11)30-17)4-5-26-16(9-20)15(23)10-27(25)12-1-2-14(22)13(8-12)19(24)28/h1-2,7-8,10,16,26H,3-6,9,23,25H2,(H2,24,28)/b15-10-/t16-,20?/m0/s1. The number of anilines is 1. The first-order chi connectivity index (χ1) is 14.3. The summed E-state index contributed by atoms with van der Waals surface area (Å²) in [5.74, 6) is 4.53. The predicted octanol–water partition coefficient (Wildman–Crippen LogP) is 2.34. The Balaban J connectivity index is 1.56. The number of rotatable bonds is 4. The van der Waals surface area contributed by atoms with Gasteiger partial charge in [0.2, 0.25) is 0 Å². The highest BCUT2D eigenvalue weighted by molar-refractivity contribution is 7.16. The van der Waals surface area contributed by atoms with Crippen molar-refractivity contribution in [2.45, 2.75) is 30.9 Å². The second-order valence-electron chi connectivity index (χ2n) is 7.52. The molecule has 160 valence electrons. The molecule has 2 atom stereocenters. The van der Waals surface area contributed by atoms with Crippen LogP contribution in [0.15, 0.2) is 36.2 Å². The van der Waals surface area contributed by atoms with E-state index < -0.39 is 17.3 Å². The van der Waals surface area contributed by atoms with Crippen LogP contribution in [0.3, 0.4) is 0 Å². The molecule has 1 unspecified atom stereocenters. The Bertz CT molecular complexity index is 1010. The fourth-order valence-electron chi connectivity index (χ4n) is 4.10. The van der Waals surface area contributed by atoms with Gasteiger partial charge < -0.3 is 21.5 Å². The molecule has 1 saturated heterocycles. The first-order valence-electron chi connectivity index (χ1n) is 9.55. The lowest BCUT2D eigenvalue weighted by Gasteiger charge is -2.43. The number of nitrogens with one attached hydrogen (secondary N) is 1. The van der Waals surface area contributed by atoms with Crippen LogP contribution in [-0.2, 0) is 16.8 Å². The molecule has 2 aromatic rings. The average Bonchev–Trinajstić information content (AvgIpc) is 3.10. The molecular weight excluding hydrogens is 429 g/mol. The van der Waals surface area contributed by atoms with Crippen molar-refractivity contribution in [3.05, 3.63) is 62.3 Å². The molecule has 0 saturated carbocycles. The fourth-order valence-corrected chi connectivity index (χ4v) is 5.58. The van der Waals surface area contributed by atoms with Gasteiger partial charge in [-0.05, 0) is 49.2 Å². The first kappa shape index (κ1) is 21.1. The number of amides is 1. The van der Waals surface area contributed by atoms with E-state index in [9.17, 15) is 9.18 Å². The zero-order valence-electron chi connectivity index (χ0n) is 16.2. The zero-order valence-corrected chi connectivity index (χ0v) is 17.7. The number of nitrogens with zero attached hydrogens (tertiary/aromatic N) is 1. The molecule has 2 aliphatic heterocycles.